The SMILES string of the molecule is CN=C(NCC(C)(C)C(=O)NC)NC1CCCN(c2ccc(F)cc2C)C1. The van der Waals surface area contributed by atoms with Crippen molar-refractivity contribution in [3.05, 3.63) is 29.6 Å². The third-order valence-corrected chi connectivity index (χ3v) is 5.02. The molecule has 0 saturated carbocycles. The summed E-state index contributed by atoms with van der Waals surface area (Å²) >= 11 is 0. The van der Waals surface area contributed by atoms with Crippen LogP contribution >= 0.6 is 0 Å². The van der Waals surface area contributed by atoms with E-state index in [2.05, 4.69) is 25.8 Å². The number of halogens is 1. The van der Waals surface area contributed by atoms with Crippen LogP contribution in [0.4, 0.5) is 10.1 Å². The number of guanidine groups is 1. The second-order valence-corrected chi connectivity index (χ2v) is 7.75. The van der Waals surface area contributed by atoms with Gasteiger partial charge in [-0.15, -0.1) is 0 Å². The Kier molecular flexibility index (Phi) is 7.05. The molecule has 1 heterocycles. The van der Waals surface area contributed by atoms with Gasteiger partial charge in [0.25, 0.3) is 0 Å². The highest BCUT2D eigenvalue weighted by Crippen LogP contribution is 2.24. The van der Waals surface area contributed by atoms with Crippen LogP contribution in [0.1, 0.15) is 32.3 Å². The number of nitrogens with one attached hydrogen (secondary N) is 3. The van der Waals surface area contributed by atoms with Crippen LogP contribution in [0, 0.1) is 18.2 Å². The maximum Gasteiger partial charge on any atom is 0.227 e. The van der Waals surface area contributed by atoms with Gasteiger partial charge in [-0.1, -0.05) is 0 Å². The highest BCUT2D eigenvalue weighted by Gasteiger charge is 2.27. The van der Waals surface area contributed by atoms with E-state index in [-0.39, 0.29) is 17.8 Å². The van der Waals surface area contributed by atoms with Crippen LogP contribution in [0.2, 0.25) is 0 Å². The van der Waals surface area contributed by atoms with Gasteiger partial charge in [0.05, 0.1) is 5.41 Å². The van der Waals surface area contributed by atoms with Gasteiger partial charge in [-0.2, -0.15) is 0 Å². The Hall–Kier alpha value is -2.31. The zero-order valence-electron chi connectivity index (χ0n) is 17.0. The van der Waals surface area contributed by atoms with E-state index in [1.807, 2.05) is 26.8 Å². The van der Waals surface area contributed by atoms with Crippen LogP contribution in [0.15, 0.2) is 23.2 Å². The molecular weight excluding hydrogens is 345 g/mol. The highest BCUT2D eigenvalue weighted by molar-refractivity contribution is 5.84. The Labute approximate surface area is 161 Å². The van der Waals surface area contributed by atoms with Crippen molar-refractivity contribution in [3.63, 3.8) is 0 Å². The molecule has 1 amide bonds. The van der Waals surface area contributed by atoms with Gasteiger partial charge in [0.1, 0.15) is 5.82 Å². The molecule has 0 radical (unpaired) electrons. The van der Waals surface area contributed by atoms with E-state index in [9.17, 15) is 9.18 Å². The molecule has 1 aromatic carbocycles. The number of nitrogens with zero attached hydrogens (tertiary/aromatic N) is 2. The Morgan fingerprint density at radius 2 is 2.15 bits per heavy atom. The number of hydrogen-bond donors (Lipinski definition) is 3. The number of carbonyl (C=O) groups is 1. The van der Waals surface area contributed by atoms with E-state index in [4.69, 9.17) is 0 Å². The van der Waals surface area contributed by atoms with Crippen molar-refractivity contribution >= 4 is 17.6 Å². The Morgan fingerprint density at radius 1 is 1.41 bits per heavy atom. The summed E-state index contributed by atoms with van der Waals surface area (Å²) in [4.78, 5) is 18.5. The lowest BCUT2D eigenvalue weighted by atomic mass is 9.92. The Morgan fingerprint density at radius 3 is 2.78 bits per heavy atom. The van der Waals surface area contributed by atoms with Crippen molar-refractivity contribution in [2.45, 2.75) is 39.7 Å². The van der Waals surface area contributed by atoms with E-state index < -0.39 is 5.41 Å². The predicted molar refractivity (Wildman–Crippen MR) is 109 cm³/mol. The van der Waals surface area contributed by atoms with Gasteiger partial charge in [-0.05, 0) is 57.4 Å². The van der Waals surface area contributed by atoms with E-state index in [1.54, 1.807) is 20.2 Å². The van der Waals surface area contributed by atoms with Gasteiger partial charge in [0.2, 0.25) is 5.91 Å². The zero-order chi connectivity index (χ0) is 20.0. The van der Waals surface area contributed by atoms with Crippen molar-refractivity contribution in [2.24, 2.45) is 10.4 Å². The van der Waals surface area contributed by atoms with Gasteiger partial charge < -0.3 is 20.9 Å². The van der Waals surface area contributed by atoms with Crippen molar-refractivity contribution in [1.82, 2.24) is 16.0 Å². The molecule has 0 aliphatic carbocycles. The summed E-state index contributed by atoms with van der Waals surface area (Å²) in [5, 5.41) is 9.40. The molecule has 1 aromatic rings. The first-order valence-electron chi connectivity index (χ1n) is 9.47. The second kappa shape index (κ2) is 9.06. The summed E-state index contributed by atoms with van der Waals surface area (Å²) in [7, 11) is 3.37. The van der Waals surface area contributed by atoms with Crippen LogP contribution in [-0.2, 0) is 4.79 Å². The third kappa shape index (κ3) is 5.58. The second-order valence-electron chi connectivity index (χ2n) is 7.75. The number of aliphatic imine (C=N–C) groups is 1. The molecule has 0 aromatic heterocycles. The molecule has 27 heavy (non-hydrogen) atoms. The average Bonchev–Trinajstić information content (AvgIpc) is 2.64. The molecule has 1 fully saturated rings. The molecule has 6 nitrogen and oxygen atoms in total. The third-order valence-electron chi connectivity index (χ3n) is 5.02. The number of hydrogen-bond acceptors (Lipinski definition) is 3. The summed E-state index contributed by atoms with van der Waals surface area (Å²) in [5.41, 5.74) is 1.49. The number of anilines is 1. The number of benzene rings is 1. The summed E-state index contributed by atoms with van der Waals surface area (Å²) in [6, 6.07) is 5.18. The molecule has 0 spiro atoms. The van der Waals surface area contributed by atoms with E-state index in [0.29, 0.717) is 12.5 Å². The fourth-order valence-electron chi connectivity index (χ4n) is 3.40. The maximum atomic E-state index is 13.4. The molecule has 1 atom stereocenters. The minimum Gasteiger partial charge on any atom is -0.369 e. The molecule has 1 unspecified atom stereocenters. The molecule has 1 saturated heterocycles. The van der Waals surface area contributed by atoms with Gasteiger partial charge in [-0.25, -0.2) is 4.39 Å². The zero-order valence-corrected chi connectivity index (χ0v) is 17.0. The average molecular weight is 378 g/mol. The maximum absolute atomic E-state index is 13.4. The van der Waals surface area contributed by atoms with Crippen molar-refractivity contribution in [1.29, 1.82) is 0 Å². The molecule has 7 heteroatoms. The standard InChI is InChI=1S/C20H32FN5O/c1-14-11-15(21)8-9-17(14)26-10-6-7-16(12-26)25-19(23-5)24-13-20(2,3)18(27)22-4/h8-9,11,16H,6-7,10,12-13H2,1-5H3,(H,22,27)(H2,23,24,25). The van der Waals surface area contributed by atoms with Crippen LogP contribution in [0.5, 0.6) is 0 Å². The molecule has 150 valence electrons. The van der Waals surface area contributed by atoms with E-state index >= 15 is 0 Å². The first kappa shape index (κ1) is 21.0. The summed E-state index contributed by atoms with van der Waals surface area (Å²) < 4.78 is 13.4. The van der Waals surface area contributed by atoms with Gasteiger partial charge in [-0.3, -0.25) is 9.79 Å². The fraction of sp³-hybridized carbons (Fsp3) is 0.600. The molecule has 1 aliphatic heterocycles. The first-order valence-corrected chi connectivity index (χ1v) is 9.47. The topological polar surface area (TPSA) is 68.8 Å². The molecule has 3 N–H and O–H groups in total. The number of amides is 1. The van der Waals surface area contributed by atoms with Crippen LogP contribution in [0.25, 0.3) is 0 Å². The smallest absolute Gasteiger partial charge is 0.227 e. The van der Waals surface area contributed by atoms with Crippen molar-refractivity contribution < 1.29 is 9.18 Å². The normalized spacial score (nSPS) is 18.2. The predicted octanol–water partition coefficient (Wildman–Crippen LogP) is 2.04. The lowest BCUT2D eigenvalue weighted by Gasteiger charge is -2.36. The van der Waals surface area contributed by atoms with Gasteiger partial charge >= 0.3 is 0 Å². The molecular formula is C20H32FN5O. The Balaban J connectivity index is 1.96. The summed E-state index contributed by atoms with van der Waals surface area (Å²) in [6.45, 7) is 8.00. The molecule has 1 aliphatic rings. The van der Waals surface area contributed by atoms with Crippen molar-refractivity contribution in [2.75, 3.05) is 38.6 Å². The number of aryl methyl sites for hydroxylation is 1. The highest BCUT2D eigenvalue weighted by atomic mass is 19.1. The van der Waals surface area contributed by atoms with Gasteiger partial charge in [0, 0.05) is 45.5 Å². The number of carbonyl (C=O) groups excluding carboxylic acids is 1. The largest absolute Gasteiger partial charge is 0.369 e. The number of rotatable bonds is 5. The van der Waals surface area contributed by atoms with Crippen molar-refractivity contribution in [3.8, 4) is 0 Å². The van der Waals surface area contributed by atoms with E-state index in [1.165, 1.54) is 6.07 Å². The summed E-state index contributed by atoms with van der Waals surface area (Å²) in [5.74, 6) is 0.474. The van der Waals surface area contributed by atoms with Gasteiger partial charge in [0.15, 0.2) is 5.96 Å². The van der Waals surface area contributed by atoms with Crippen LogP contribution < -0.4 is 20.9 Å². The quantitative estimate of drug-likeness (QED) is 0.543. The lowest BCUT2D eigenvalue weighted by Crippen LogP contribution is -2.53. The minimum absolute atomic E-state index is 0.0129. The first-order chi connectivity index (χ1) is 12.8. The van der Waals surface area contributed by atoms with Crippen LogP contribution in [-0.4, -0.2) is 51.6 Å². The monoisotopic (exact) mass is 377 g/mol. The van der Waals surface area contributed by atoms with E-state index in [0.717, 1.165) is 37.2 Å². The summed E-state index contributed by atoms with van der Waals surface area (Å²) in [6.07, 6.45) is 2.09. The number of piperidine rings is 1. The minimum atomic E-state index is -0.532. The Bertz CT molecular complexity index is 689. The lowest BCUT2D eigenvalue weighted by molar-refractivity contribution is -0.128. The molecule has 0 bridgehead atoms. The fourth-order valence-corrected chi connectivity index (χ4v) is 3.40. The van der Waals surface area contributed by atoms with Crippen LogP contribution in [0.3, 0.4) is 0 Å². The molecule has 2 rings (SSSR count).